The third-order valence-corrected chi connectivity index (χ3v) is 8.21. The van der Waals surface area contributed by atoms with Gasteiger partial charge >= 0.3 is 0 Å². The van der Waals surface area contributed by atoms with Crippen LogP contribution in [0.2, 0.25) is 0 Å². The van der Waals surface area contributed by atoms with E-state index in [1.807, 2.05) is 20.8 Å². The average molecular weight is 556 g/mol. The Hall–Kier alpha value is -3.70. The monoisotopic (exact) mass is 555 g/mol. The number of benzene rings is 1. The maximum atomic E-state index is 13.9. The van der Waals surface area contributed by atoms with Crippen molar-refractivity contribution in [3.8, 4) is 5.75 Å². The van der Waals surface area contributed by atoms with Crippen LogP contribution in [0.25, 0.3) is 0 Å². The lowest BCUT2D eigenvalue weighted by atomic mass is 9.57. The Morgan fingerprint density at radius 1 is 1.07 bits per heavy atom. The van der Waals surface area contributed by atoms with Crippen LogP contribution in [0, 0.1) is 17.8 Å². The molecule has 11 heteroatoms. The summed E-state index contributed by atoms with van der Waals surface area (Å²) in [6.07, 6.45) is -1.16. The molecule has 1 aromatic carbocycles. The molecule has 2 amide bonds. The third-order valence-electron chi connectivity index (χ3n) is 8.21. The Bertz CT molecular complexity index is 1370. The molecule has 0 saturated carbocycles. The van der Waals surface area contributed by atoms with E-state index < -0.39 is 75.9 Å². The van der Waals surface area contributed by atoms with Gasteiger partial charge in [-0.05, 0) is 58.3 Å². The fourth-order valence-corrected chi connectivity index (χ4v) is 6.58. The zero-order chi connectivity index (χ0) is 30.0. The molecule has 0 heterocycles. The van der Waals surface area contributed by atoms with Crippen molar-refractivity contribution < 1.29 is 39.6 Å². The van der Waals surface area contributed by atoms with Crippen LogP contribution in [0.1, 0.15) is 61.5 Å². The largest absolute Gasteiger partial charge is 0.511 e. The van der Waals surface area contributed by atoms with E-state index in [2.05, 4.69) is 5.32 Å². The summed E-state index contributed by atoms with van der Waals surface area (Å²) in [6, 6.07) is 2.26. The van der Waals surface area contributed by atoms with Crippen LogP contribution < -0.4 is 11.1 Å². The molecule has 0 fully saturated rings. The van der Waals surface area contributed by atoms with Gasteiger partial charge in [0, 0.05) is 29.4 Å². The minimum absolute atomic E-state index is 0.0642. The van der Waals surface area contributed by atoms with Gasteiger partial charge < -0.3 is 31.5 Å². The number of phenols is 1. The van der Waals surface area contributed by atoms with Crippen molar-refractivity contribution in [1.29, 1.82) is 0 Å². The summed E-state index contributed by atoms with van der Waals surface area (Å²) in [6.45, 7) is 7.29. The van der Waals surface area contributed by atoms with E-state index in [4.69, 9.17) is 5.73 Å². The van der Waals surface area contributed by atoms with E-state index >= 15 is 0 Å². The first-order valence-electron chi connectivity index (χ1n) is 13.2. The summed E-state index contributed by atoms with van der Waals surface area (Å²) in [5.41, 5.74) is 4.80. The highest BCUT2D eigenvalue weighted by Gasteiger charge is 2.59. The minimum Gasteiger partial charge on any atom is -0.511 e. The number of allylic oxidation sites excluding steroid dienone is 1. The number of fused-ring (bicyclic) bond motifs is 3. The second-order valence-electron chi connectivity index (χ2n) is 12.2. The van der Waals surface area contributed by atoms with Gasteiger partial charge in [-0.2, -0.15) is 0 Å². The number of nitrogens with two attached hydrogens (primary N) is 1. The summed E-state index contributed by atoms with van der Waals surface area (Å²) < 4.78 is 0. The predicted octanol–water partition coefficient (Wildman–Crippen LogP) is 1.38. The maximum absolute atomic E-state index is 13.9. The van der Waals surface area contributed by atoms with E-state index in [9.17, 15) is 39.6 Å². The number of nitrogens with one attached hydrogen (secondary N) is 1. The van der Waals surface area contributed by atoms with Crippen molar-refractivity contribution in [3.63, 3.8) is 0 Å². The normalized spacial score (nSPS) is 28.3. The van der Waals surface area contributed by atoms with E-state index in [0.717, 1.165) is 0 Å². The standard InChI is InChI=1S/C29H37N3O8/c1-11-13-9-7-12(8-10-14(33)31-29(2,3)4)22(34)16(13)24(36)18-15(11)23(35)17-19(25(18)37)26(38)20(28(30)40)27(39)21(17)32(5)6/h7,9,11,15,17,19,21,23,34-35,37,39H,8,10H2,1-6H3,(H2,30,40)(H,31,33)/t11-,15?,17?,19?,21-,23-/m0/s1. The lowest BCUT2D eigenvalue weighted by molar-refractivity contribution is -0.131. The third kappa shape index (κ3) is 4.56. The van der Waals surface area contributed by atoms with Gasteiger partial charge in [0.1, 0.15) is 22.8 Å². The number of aliphatic hydroxyl groups is 3. The molecule has 0 spiro atoms. The van der Waals surface area contributed by atoms with Crippen molar-refractivity contribution >= 4 is 23.4 Å². The fourth-order valence-electron chi connectivity index (χ4n) is 6.58. The molecule has 0 saturated heterocycles. The SMILES string of the molecule is C[C@H]1c2ccc(CCC(=O)NC(C)(C)C)c(O)c2C(=O)C2=C(O)C3C(=O)C(C(N)=O)=C(O)[C@@H](N(C)C)C3[C@@H](O)C21. The zero-order valence-electron chi connectivity index (χ0n) is 23.5. The highest BCUT2D eigenvalue weighted by Crippen LogP contribution is 2.54. The lowest BCUT2D eigenvalue weighted by Crippen LogP contribution is -2.59. The van der Waals surface area contributed by atoms with Gasteiger partial charge in [0.25, 0.3) is 5.91 Å². The number of primary amides is 1. The molecule has 11 nitrogen and oxygen atoms in total. The van der Waals surface area contributed by atoms with Crippen LogP contribution in [0.4, 0.5) is 0 Å². The van der Waals surface area contributed by atoms with Gasteiger partial charge in [-0.3, -0.25) is 24.1 Å². The van der Waals surface area contributed by atoms with Gasteiger partial charge in [-0.25, -0.2) is 0 Å². The number of aliphatic hydroxyl groups excluding tert-OH is 3. The van der Waals surface area contributed by atoms with Crippen LogP contribution in [-0.2, 0) is 20.8 Å². The zero-order valence-corrected chi connectivity index (χ0v) is 23.5. The second-order valence-corrected chi connectivity index (χ2v) is 12.2. The highest BCUT2D eigenvalue weighted by atomic mass is 16.3. The molecule has 0 radical (unpaired) electrons. The summed E-state index contributed by atoms with van der Waals surface area (Å²) in [5.74, 6) is -8.79. The van der Waals surface area contributed by atoms with Crippen LogP contribution in [0.15, 0.2) is 34.8 Å². The van der Waals surface area contributed by atoms with Gasteiger partial charge in [0.2, 0.25) is 5.91 Å². The van der Waals surface area contributed by atoms with Crippen molar-refractivity contribution in [1.82, 2.24) is 10.2 Å². The van der Waals surface area contributed by atoms with Crippen molar-refractivity contribution in [3.05, 3.63) is 51.5 Å². The number of carbonyl (C=O) groups is 4. The quantitative estimate of drug-likeness (QED) is 0.291. The number of hydrogen-bond donors (Lipinski definition) is 6. The molecule has 40 heavy (non-hydrogen) atoms. The van der Waals surface area contributed by atoms with Gasteiger partial charge in [0.15, 0.2) is 11.6 Å². The first-order valence-corrected chi connectivity index (χ1v) is 13.2. The molecule has 4 rings (SSSR count). The molecule has 3 aliphatic carbocycles. The summed E-state index contributed by atoms with van der Waals surface area (Å²) in [4.78, 5) is 53.2. The van der Waals surface area contributed by atoms with E-state index in [1.54, 1.807) is 33.2 Å². The number of Topliss-reactive ketones (excluding diaryl/α,β-unsaturated/α-hetero) is 2. The molecular formula is C29H37N3O8. The Balaban J connectivity index is 1.81. The van der Waals surface area contributed by atoms with E-state index in [-0.39, 0.29) is 35.6 Å². The maximum Gasteiger partial charge on any atom is 0.255 e. The van der Waals surface area contributed by atoms with Crippen molar-refractivity contribution in [2.45, 2.75) is 64.1 Å². The number of aromatic hydroxyl groups is 1. The molecular weight excluding hydrogens is 518 g/mol. The topological polar surface area (TPSA) is 190 Å². The molecule has 3 aliphatic rings. The highest BCUT2D eigenvalue weighted by molar-refractivity contribution is 6.22. The summed E-state index contributed by atoms with van der Waals surface area (Å²) >= 11 is 0. The van der Waals surface area contributed by atoms with Gasteiger partial charge in [-0.1, -0.05) is 19.1 Å². The van der Waals surface area contributed by atoms with Crippen molar-refractivity contribution in [2.75, 3.05) is 14.1 Å². The molecule has 7 N–H and O–H groups in total. The summed E-state index contributed by atoms with van der Waals surface area (Å²) in [7, 11) is 3.17. The molecule has 6 atom stereocenters. The molecule has 0 bridgehead atoms. The van der Waals surface area contributed by atoms with Gasteiger partial charge in [0.05, 0.1) is 23.6 Å². The van der Waals surface area contributed by atoms with Crippen LogP contribution in [-0.4, -0.2) is 80.5 Å². The number of amides is 2. The minimum atomic E-state index is -1.50. The number of rotatable bonds is 5. The number of ketones is 2. The van der Waals surface area contributed by atoms with Gasteiger partial charge in [-0.15, -0.1) is 0 Å². The smallest absolute Gasteiger partial charge is 0.255 e. The first kappa shape index (κ1) is 29.3. The molecule has 216 valence electrons. The second kappa shape index (κ2) is 10.0. The number of likely N-dealkylation sites (N-methyl/N-ethyl adjacent to an activating group) is 1. The first-order chi connectivity index (χ1) is 18.5. The number of phenolic OH excluding ortho intramolecular Hbond substituents is 1. The van der Waals surface area contributed by atoms with Crippen molar-refractivity contribution in [2.24, 2.45) is 23.5 Å². The molecule has 3 unspecified atom stereocenters. The van der Waals surface area contributed by atoms with E-state index in [0.29, 0.717) is 11.1 Å². The molecule has 1 aromatic rings. The number of hydrogen-bond acceptors (Lipinski definition) is 9. The Morgan fingerprint density at radius 3 is 2.25 bits per heavy atom. The number of carbonyl (C=O) groups excluding carboxylic acids is 4. The predicted molar refractivity (Wildman–Crippen MR) is 145 cm³/mol. The van der Waals surface area contributed by atoms with Crippen LogP contribution in [0.5, 0.6) is 5.75 Å². The molecule has 0 aliphatic heterocycles. The Kier molecular flexibility index (Phi) is 7.35. The van der Waals surface area contributed by atoms with Crippen LogP contribution >= 0.6 is 0 Å². The molecule has 0 aromatic heterocycles. The Labute approximate surface area is 232 Å². The van der Waals surface area contributed by atoms with E-state index in [1.165, 1.54) is 4.90 Å². The summed E-state index contributed by atoms with van der Waals surface area (Å²) in [5, 5.41) is 48.0. The van der Waals surface area contributed by atoms with Crippen LogP contribution in [0.3, 0.4) is 0 Å². The number of aryl methyl sites for hydroxylation is 1. The Morgan fingerprint density at radius 2 is 1.70 bits per heavy atom. The fraction of sp³-hybridized carbons (Fsp3) is 0.517. The number of nitrogens with zero attached hydrogens (tertiary/aromatic N) is 1. The lowest BCUT2D eigenvalue weighted by Gasteiger charge is -2.50. The average Bonchev–Trinajstić information content (AvgIpc) is 2.81.